The molecule has 0 bridgehead atoms. The Hall–Kier alpha value is -2.39. The number of ether oxygens (including phenoxy) is 4. The zero-order chi connectivity index (χ0) is 21.0. The van der Waals surface area contributed by atoms with Crippen LogP contribution in [-0.4, -0.2) is 46.2 Å². The van der Waals surface area contributed by atoms with E-state index in [1.807, 2.05) is 0 Å². The highest BCUT2D eigenvalue weighted by atomic mass is 79.9. The summed E-state index contributed by atoms with van der Waals surface area (Å²) in [6, 6.07) is 5.77. The molecule has 0 saturated carbocycles. The summed E-state index contributed by atoms with van der Waals surface area (Å²) in [4.78, 5) is 37.2. The van der Waals surface area contributed by atoms with Crippen LogP contribution in [0.2, 0.25) is 0 Å². The predicted octanol–water partition coefficient (Wildman–Crippen LogP) is 4.03. The van der Waals surface area contributed by atoms with Crippen molar-refractivity contribution in [2.45, 2.75) is 0 Å². The van der Waals surface area contributed by atoms with Crippen LogP contribution in [-0.2, 0) is 9.47 Å². The van der Waals surface area contributed by atoms with Crippen LogP contribution in [0.3, 0.4) is 0 Å². The molecule has 0 atom stereocenters. The van der Waals surface area contributed by atoms with Crippen LogP contribution < -0.4 is 9.47 Å². The average Bonchev–Trinajstić information content (AvgIpc) is 2.70. The lowest BCUT2D eigenvalue weighted by atomic mass is 9.98. The Labute approximate surface area is 178 Å². The molecule has 0 aliphatic carbocycles. The largest absolute Gasteiger partial charge is 0.495 e. The molecule has 0 N–H and O–H groups in total. The Morgan fingerprint density at radius 2 is 1.04 bits per heavy atom. The van der Waals surface area contributed by atoms with E-state index in [1.165, 1.54) is 52.7 Å². The van der Waals surface area contributed by atoms with Gasteiger partial charge in [-0.1, -0.05) is 0 Å². The van der Waals surface area contributed by atoms with Gasteiger partial charge in [0.15, 0.2) is 5.78 Å². The third-order valence-corrected chi connectivity index (χ3v) is 5.01. The fourth-order valence-corrected chi connectivity index (χ4v) is 3.80. The van der Waals surface area contributed by atoms with Gasteiger partial charge in [-0.15, -0.1) is 0 Å². The van der Waals surface area contributed by atoms with Gasteiger partial charge in [0.25, 0.3) is 0 Å². The van der Waals surface area contributed by atoms with Gasteiger partial charge < -0.3 is 18.9 Å². The summed E-state index contributed by atoms with van der Waals surface area (Å²) in [5, 5.41) is 0. The third kappa shape index (κ3) is 4.20. The summed E-state index contributed by atoms with van der Waals surface area (Å²) in [5.74, 6) is -1.25. The van der Waals surface area contributed by atoms with Gasteiger partial charge in [-0.05, 0) is 56.1 Å². The number of ketones is 1. The number of carbonyl (C=O) groups excluding carboxylic acids is 3. The van der Waals surface area contributed by atoms with E-state index in [4.69, 9.17) is 18.9 Å². The molecule has 0 aliphatic heterocycles. The van der Waals surface area contributed by atoms with Crippen LogP contribution >= 0.6 is 31.9 Å². The maximum Gasteiger partial charge on any atom is 0.341 e. The molecule has 0 saturated heterocycles. The first-order valence-corrected chi connectivity index (χ1v) is 9.34. The van der Waals surface area contributed by atoms with Gasteiger partial charge in [0.05, 0.1) is 37.4 Å². The molecule has 0 amide bonds. The van der Waals surface area contributed by atoms with Crippen molar-refractivity contribution in [1.29, 1.82) is 0 Å². The van der Waals surface area contributed by atoms with Crippen LogP contribution in [0.25, 0.3) is 0 Å². The lowest BCUT2D eigenvalue weighted by Crippen LogP contribution is -2.11. The number of methoxy groups -OCH3 is 4. The number of benzene rings is 2. The second-order valence-electron chi connectivity index (χ2n) is 5.39. The molecule has 2 aromatic carbocycles. The Morgan fingerprint density at radius 1 is 0.679 bits per heavy atom. The van der Waals surface area contributed by atoms with Crippen molar-refractivity contribution >= 4 is 49.6 Å². The topological polar surface area (TPSA) is 88.1 Å². The highest BCUT2D eigenvalue weighted by Crippen LogP contribution is 2.34. The van der Waals surface area contributed by atoms with Crippen molar-refractivity contribution in [3.05, 3.63) is 55.5 Å². The second-order valence-corrected chi connectivity index (χ2v) is 7.10. The molecule has 0 spiro atoms. The number of hydrogen-bond acceptors (Lipinski definition) is 7. The van der Waals surface area contributed by atoms with Crippen molar-refractivity contribution in [1.82, 2.24) is 0 Å². The van der Waals surface area contributed by atoms with E-state index in [9.17, 15) is 14.4 Å². The second kappa shape index (κ2) is 9.20. The van der Waals surface area contributed by atoms with Gasteiger partial charge >= 0.3 is 11.9 Å². The van der Waals surface area contributed by atoms with Gasteiger partial charge in [0.2, 0.25) is 0 Å². The van der Waals surface area contributed by atoms with Gasteiger partial charge in [-0.3, -0.25) is 4.79 Å². The zero-order valence-corrected chi connectivity index (χ0v) is 18.6. The number of hydrogen-bond donors (Lipinski definition) is 0. The zero-order valence-electron chi connectivity index (χ0n) is 15.4. The van der Waals surface area contributed by atoms with E-state index in [-0.39, 0.29) is 33.8 Å². The first-order chi connectivity index (χ1) is 13.3. The van der Waals surface area contributed by atoms with Crippen LogP contribution in [0.5, 0.6) is 11.5 Å². The maximum absolute atomic E-state index is 13.0. The minimum atomic E-state index is -0.654. The molecule has 2 rings (SSSR count). The van der Waals surface area contributed by atoms with Crippen molar-refractivity contribution < 1.29 is 33.3 Å². The van der Waals surface area contributed by atoms with E-state index >= 15 is 0 Å². The highest BCUT2D eigenvalue weighted by molar-refractivity contribution is 9.11. The fraction of sp³-hybridized carbons (Fsp3) is 0.211. The molecule has 148 valence electrons. The molecule has 9 heteroatoms. The van der Waals surface area contributed by atoms with E-state index in [2.05, 4.69) is 31.9 Å². The van der Waals surface area contributed by atoms with Crippen molar-refractivity contribution in [3.63, 3.8) is 0 Å². The molecule has 7 nitrogen and oxygen atoms in total. The Kier molecular flexibility index (Phi) is 7.20. The van der Waals surface area contributed by atoms with Gasteiger partial charge in [-0.2, -0.15) is 0 Å². The van der Waals surface area contributed by atoms with Crippen LogP contribution in [0, 0.1) is 0 Å². The molecular formula is C19H16Br2O7. The molecule has 0 fully saturated rings. The van der Waals surface area contributed by atoms with E-state index in [0.717, 1.165) is 0 Å². The Morgan fingerprint density at radius 3 is 1.32 bits per heavy atom. The highest BCUT2D eigenvalue weighted by Gasteiger charge is 2.24. The maximum atomic E-state index is 13.0. The van der Waals surface area contributed by atoms with Gasteiger partial charge in [0.1, 0.15) is 22.6 Å². The standard InChI is InChI=1S/C19H16Br2O7/c1-25-16-11(18(23)27-3)5-9(7-13(16)20)15(22)10-6-12(19(24)28-4)17(26-2)14(21)8-10/h5-8H,1-4H3. The lowest BCUT2D eigenvalue weighted by molar-refractivity contribution is 0.0588. The summed E-state index contributed by atoms with van der Waals surface area (Å²) < 4.78 is 20.7. The van der Waals surface area contributed by atoms with Crippen LogP contribution in [0.4, 0.5) is 0 Å². The van der Waals surface area contributed by atoms with Crippen LogP contribution in [0.1, 0.15) is 36.6 Å². The Balaban J connectivity index is 2.63. The van der Waals surface area contributed by atoms with Crippen molar-refractivity contribution in [2.24, 2.45) is 0 Å². The minimum absolute atomic E-state index is 0.0866. The smallest absolute Gasteiger partial charge is 0.341 e. The first-order valence-electron chi connectivity index (χ1n) is 7.75. The average molecular weight is 516 g/mol. The molecule has 2 aromatic rings. The third-order valence-electron chi connectivity index (χ3n) is 3.83. The van der Waals surface area contributed by atoms with Gasteiger partial charge in [-0.25, -0.2) is 9.59 Å². The van der Waals surface area contributed by atoms with E-state index in [0.29, 0.717) is 8.95 Å². The number of rotatable bonds is 6. The number of halogens is 2. The molecule has 0 radical (unpaired) electrons. The van der Waals surface area contributed by atoms with E-state index < -0.39 is 17.7 Å². The lowest BCUT2D eigenvalue weighted by Gasteiger charge is -2.13. The summed E-state index contributed by atoms with van der Waals surface area (Å²) in [6.07, 6.45) is 0. The number of carbonyl (C=O) groups is 3. The molecule has 0 aromatic heterocycles. The summed E-state index contributed by atoms with van der Waals surface area (Å²) >= 11 is 6.59. The molecule has 28 heavy (non-hydrogen) atoms. The molecule has 0 aliphatic rings. The number of esters is 2. The predicted molar refractivity (Wildman–Crippen MR) is 107 cm³/mol. The quantitative estimate of drug-likeness (QED) is 0.424. The van der Waals surface area contributed by atoms with Gasteiger partial charge in [0, 0.05) is 11.1 Å². The SMILES string of the molecule is COC(=O)c1cc(C(=O)c2cc(Br)c(OC)c(C(=O)OC)c2)cc(Br)c1OC. The Bertz CT molecular complexity index is 878. The van der Waals surface area contributed by atoms with Crippen molar-refractivity contribution in [3.8, 4) is 11.5 Å². The molecular weight excluding hydrogens is 500 g/mol. The first kappa shape index (κ1) is 21.9. The summed E-state index contributed by atoms with van der Waals surface area (Å²) in [7, 11) is 5.26. The summed E-state index contributed by atoms with van der Waals surface area (Å²) in [5.41, 5.74) is 0.564. The normalized spacial score (nSPS) is 10.2. The molecule has 0 unspecified atom stereocenters. The van der Waals surface area contributed by atoms with E-state index in [1.54, 1.807) is 0 Å². The fourth-order valence-electron chi connectivity index (χ4n) is 2.55. The van der Waals surface area contributed by atoms with Crippen LogP contribution in [0.15, 0.2) is 33.2 Å². The monoisotopic (exact) mass is 514 g/mol. The minimum Gasteiger partial charge on any atom is -0.495 e. The van der Waals surface area contributed by atoms with Crippen molar-refractivity contribution in [2.75, 3.05) is 28.4 Å². The molecule has 0 heterocycles. The summed E-state index contributed by atoms with van der Waals surface area (Å²) in [6.45, 7) is 0.